The van der Waals surface area contributed by atoms with Gasteiger partial charge in [0.2, 0.25) is 10.0 Å². The van der Waals surface area contributed by atoms with Gasteiger partial charge in [-0.3, -0.25) is 0 Å². The molecule has 26 heavy (non-hydrogen) atoms. The first kappa shape index (κ1) is 17.3. The normalized spacial score (nSPS) is 17.7. The van der Waals surface area contributed by atoms with Crippen LogP contribution in [-0.4, -0.2) is 45.1 Å². The highest BCUT2D eigenvalue weighted by Gasteiger charge is 2.38. The van der Waals surface area contributed by atoms with Crippen molar-refractivity contribution in [1.29, 1.82) is 0 Å². The summed E-state index contributed by atoms with van der Waals surface area (Å²) < 4.78 is 56.7. The number of hydrogen-bond acceptors (Lipinski definition) is 5. The van der Waals surface area contributed by atoms with E-state index in [9.17, 15) is 12.8 Å². The lowest BCUT2D eigenvalue weighted by molar-refractivity contribution is -0.0304. The average Bonchev–Trinajstić information content (AvgIpc) is 2.61. The van der Waals surface area contributed by atoms with Gasteiger partial charge >= 0.3 is 0 Å². The van der Waals surface area contributed by atoms with Crippen LogP contribution in [0, 0.1) is 5.82 Å². The molecule has 0 aliphatic carbocycles. The van der Waals surface area contributed by atoms with Crippen molar-refractivity contribution in [1.82, 2.24) is 4.31 Å². The maximum absolute atomic E-state index is 13.6. The molecule has 0 amide bonds. The highest BCUT2D eigenvalue weighted by Crippen LogP contribution is 2.34. The number of fused-ring (bicyclic) bond motifs is 1. The summed E-state index contributed by atoms with van der Waals surface area (Å²) in [7, 11) is -3.62. The van der Waals surface area contributed by atoms with Gasteiger partial charge < -0.3 is 14.2 Å². The molecular weight excluding hydrogens is 361 g/mol. The fraction of sp³-hybridized carbons (Fsp3) is 0.333. The van der Waals surface area contributed by atoms with E-state index < -0.39 is 10.0 Å². The standard InChI is InChI=1S/C18H18FNO5S/c19-16-4-2-1-3-13(16)12-25-14-10-20(11-14)26(21,22)15-5-6-17-18(9-15)24-8-7-23-17/h1-6,9,14H,7-8,10-12H2. The third-order valence-electron chi connectivity index (χ3n) is 4.40. The van der Waals surface area contributed by atoms with E-state index in [4.69, 9.17) is 14.2 Å². The fourth-order valence-corrected chi connectivity index (χ4v) is 4.38. The first-order valence-corrected chi connectivity index (χ1v) is 9.73. The van der Waals surface area contributed by atoms with Crippen molar-refractivity contribution in [3.63, 3.8) is 0 Å². The second-order valence-corrected chi connectivity index (χ2v) is 8.09. The minimum absolute atomic E-state index is 0.120. The van der Waals surface area contributed by atoms with Crippen LogP contribution >= 0.6 is 0 Å². The molecule has 2 aromatic carbocycles. The minimum atomic E-state index is -3.62. The summed E-state index contributed by atoms with van der Waals surface area (Å²) in [5.74, 6) is 0.655. The summed E-state index contributed by atoms with van der Waals surface area (Å²) in [5, 5.41) is 0. The molecule has 0 atom stereocenters. The number of nitrogens with zero attached hydrogens (tertiary/aromatic N) is 1. The van der Waals surface area contributed by atoms with Crippen LogP contribution < -0.4 is 9.47 Å². The van der Waals surface area contributed by atoms with Crippen molar-refractivity contribution in [3.8, 4) is 11.5 Å². The minimum Gasteiger partial charge on any atom is -0.486 e. The van der Waals surface area contributed by atoms with Gasteiger partial charge in [0.1, 0.15) is 19.0 Å². The number of hydrogen-bond donors (Lipinski definition) is 0. The van der Waals surface area contributed by atoms with Gasteiger partial charge in [-0.05, 0) is 18.2 Å². The zero-order valence-corrected chi connectivity index (χ0v) is 14.7. The number of ether oxygens (including phenoxy) is 3. The van der Waals surface area contributed by atoms with Crippen LogP contribution in [0.15, 0.2) is 47.4 Å². The van der Waals surface area contributed by atoms with E-state index in [-0.39, 0.29) is 36.5 Å². The highest BCUT2D eigenvalue weighted by atomic mass is 32.2. The van der Waals surface area contributed by atoms with Crippen molar-refractivity contribution in [2.45, 2.75) is 17.6 Å². The smallest absolute Gasteiger partial charge is 0.243 e. The Balaban J connectivity index is 1.38. The van der Waals surface area contributed by atoms with Crippen molar-refractivity contribution in [2.75, 3.05) is 26.3 Å². The van der Waals surface area contributed by atoms with Gasteiger partial charge in [0.15, 0.2) is 11.5 Å². The molecule has 1 fully saturated rings. The molecule has 8 heteroatoms. The maximum atomic E-state index is 13.6. The van der Waals surface area contributed by atoms with E-state index in [2.05, 4.69) is 0 Å². The Morgan fingerprint density at radius 1 is 1.08 bits per heavy atom. The van der Waals surface area contributed by atoms with Crippen molar-refractivity contribution >= 4 is 10.0 Å². The van der Waals surface area contributed by atoms with Crippen LogP contribution in [0.25, 0.3) is 0 Å². The zero-order chi connectivity index (χ0) is 18.1. The van der Waals surface area contributed by atoms with Gasteiger partial charge in [0.05, 0.1) is 17.6 Å². The van der Waals surface area contributed by atoms with Gasteiger partial charge in [-0.2, -0.15) is 4.31 Å². The Morgan fingerprint density at radius 2 is 1.81 bits per heavy atom. The fourth-order valence-electron chi connectivity index (χ4n) is 2.86. The van der Waals surface area contributed by atoms with Crippen LogP contribution in [-0.2, 0) is 21.4 Å². The summed E-state index contributed by atoms with van der Waals surface area (Å²) in [5.41, 5.74) is 0.459. The van der Waals surface area contributed by atoms with Crippen LogP contribution in [0.2, 0.25) is 0 Å². The molecule has 1 saturated heterocycles. The largest absolute Gasteiger partial charge is 0.486 e. The summed E-state index contributed by atoms with van der Waals surface area (Å²) in [6.07, 6.45) is -0.249. The highest BCUT2D eigenvalue weighted by molar-refractivity contribution is 7.89. The molecule has 4 rings (SSSR count). The Labute approximate surface area is 151 Å². The van der Waals surface area contributed by atoms with E-state index in [0.717, 1.165) is 0 Å². The number of rotatable bonds is 5. The van der Waals surface area contributed by atoms with E-state index in [0.29, 0.717) is 30.3 Å². The van der Waals surface area contributed by atoms with Crippen LogP contribution in [0.1, 0.15) is 5.56 Å². The SMILES string of the molecule is O=S(=O)(c1ccc2c(c1)OCCO2)N1CC(OCc2ccccc2F)C1. The Hall–Kier alpha value is -2.16. The molecule has 0 saturated carbocycles. The van der Waals surface area contributed by atoms with Crippen molar-refractivity contribution < 1.29 is 27.0 Å². The van der Waals surface area contributed by atoms with Crippen LogP contribution in [0.3, 0.4) is 0 Å². The molecule has 2 aliphatic rings. The van der Waals surface area contributed by atoms with Gasteiger partial charge in [0, 0.05) is 24.7 Å². The molecule has 0 aromatic heterocycles. The molecule has 2 heterocycles. The quantitative estimate of drug-likeness (QED) is 0.797. The predicted octanol–water partition coefficient (Wildman–Crippen LogP) is 2.19. The van der Waals surface area contributed by atoms with Gasteiger partial charge in [-0.15, -0.1) is 0 Å². The molecule has 138 valence electrons. The Morgan fingerprint density at radius 3 is 2.58 bits per heavy atom. The van der Waals surface area contributed by atoms with E-state index in [1.54, 1.807) is 24.3 Å². The molecule has 6 nitrogen and oxygen atoms in total. The first-order valence-electron chi connectivity index (χ1n) is 8.29. The lowest BCUT2D eigenvalue weighted by atomic mass is 10.2. The summed E-state index contributed by atoms with van der Waals surface area (Å²) in [6, 6.07) is 11.0. The monoisotopic (exact) mass is 379 g/mol. The maximum Gasteiger partial charge on any atom is 0.243 e. The Kier molecular flexibility index (Phi) is 4.56. The van der Waals surface area contributed by atoms with E-state index in [1.165, 1.54) is 22.5 Å². The summed E-state index contributed by atoms with van der Waals surface area (Å²) in [6.45, 7) is 1.45. The number of halogens is 1. The molecule has 0 unspecified atom stereocenters. The molecule has 0 spiro atoms. The first-order chi connectivity index (χ1) is 12.5. The van der Waals surface area contributed by atoms with Crippen molar-refractivity contribution in [3.05, 3.63) is 53.8 Å². The van der Waals surface area contributed by atoms with Crippen molar-refractivity contribution in [2.24, 2.45) is 0 Å². The molecule has 0 radical (unpaired) electrons. The van der Waals surface area contributed by atoms with Gasteiger partial charge in [-0.1, -0.05) is 18.2 Å². The third kappa shape index (κ3) is 3.27. The second-order valence-electron chi connectivity index (χ2n) is 6.15. The van der Waals surface area contributed by atoms with Gasteiger partial charge in [0.25, 0.3) is 0 Å². The number of benzene rings is 2. The zero-order valence-electron chi connectivity index (χ0n) is 13.9. The van der Waals surface area contributed by atoms with Crippen LogP contribution in [0.4, 0.5) is 4.39 Å². The van der Waals surface area contributed by atoms with Gasteiger partial charge in [-0.25, -0.2) is 12.8 Å². The Bertz CT molecular complexity index is 912. The molecule has 0 N–H and O–H groups in total. The second kappa shape index (κ2) is 6.86. The third-order valence-corrected chi connectivity index (χ3v) is 6.23. The summed E-state index contributed by atoms with van der Waals surface area (Å²) in [4.78, 5) is 0.161. The lowest BCUT2D eigenvalue weighted by Gasteiger charge is -2.37. The number of sulfonamides is 1. The lowest BCUT2D eigenvalue weighted by Crippen LogP contribution is -2.54. The molecule has 2 aromatic rings. The summed E-state index contributed by atoms with van der Waals surface area (Å²) >= 11 is 0. The van der Waals surface area contributed by atoms with E-state index in [1.807, 2.05) is 0 Å². The molecule has 0 bridgehead atoms. The van der Waals surface area contributed by atoms with E-state index >= 15 is 0 Å². The van der Waals surface area contributed by atoms with Crippen LogP contribution in [0.5, 0.6) is 11.5 Å². The molecule has 2 aliphatic heterocycles. The topological polar surface area (TPSA) is 65.1 Å². The average molecular weight is 379 g/mol. The predicted molar refractivity (Wildman–Crippen MR) is 91.2 cm³/mol. The molecular formula is C18H18FNO5S.